The van der Waals surface area contributed by atoms with Crippen molar-refractivity contribution in [2.45, 2.75) is 33.3 Å². The lowest BCUT2D eigenvalue weighted by molar-refractivity contribution is -0.147. The number of amides is 3. The fourth-order valence-electron chi connectivity index (χ4n) is 3.70. The minimum absolute atomic E-state index is 0.0344. The molecule has 0 saturated carbocycles. The number of hydrogen-bond acceptors (Lipinski definition) is 5. The first-order valence-electron chi connectivity index (χ1n) is 10.2. The summed E-state index contributed by atoms with van der Waals surface area (Å²) in [4.78, 5) is 50.4. The molecule has 4 rings (SSSR count). The molecule has 0 radical (unpaired) electrons. The van der Waals surface area contributed by atoms with Crippen molar-refractivity contribution in [1.82, 2.24) is 14.8 Å². The molecule has 1 aromatic heterocycles. The molecule has 1 aliphatic rings. The topological polar surface area (TPSA) is 97.7 Å². The van der Waals surface area contributed by atoms with Crippen LogP contribution in [-0.2, 0) is 19.1 Å². The Labute approximate surface area is 184 Å². The van der Waals surface area contributed by atoms with E-state index in [0.29, 0.717) is 16.5 Å². The van der Waals surface area contributed by atoms with Gasteiger partial charge in [-0.2, -0.15) is 0 Å². The van der Waals surface area contributed by atoms with E-state index < -0.39 is 29.4 Å². The number of benzene rings is 2. The van der Waals surface area contributed by atoms with Gasteiger partial charge in [0.1, 0.15) is 17.8 Å². The SMILES string of the molecule is CC(=O)N1CC(=O)NC(=Cc2cn(C(=O)OC(C)(C)C)c3c2ccc2ccccc23)C1=O. The first-order valence-corrected chi connectivity index (χ1v) is 10.2. The molecule has 2 heterocycles. The van der Waals surface area contributed by atoms with Gasteiger partial charge in [-0.05, 0) is 32.2 Å². The van der Waals surface area contributed by atoms with Crippen molar-refractivity contribution >= 4 is 51.6 Å². The summed E-state index contributed by atoms with van der Waals surface area (Å²) in [6.07, 6.45) is 2.49. The average Bonchev–Trinajstić information content (AvgIpc) is 3.08. The minimum atomic E-state index is -0.702. The van der Waals surface area contributed by atoms with Gasteiger partial charge in [-0.15, -0.1) is 0 Å². The van der Waals surface area contributed by atoms with Crippen LogP contribution in [0.25, 0.3) is 27.8 Å². The van der Waals surface area contributed by atoms with Gasteiger partial charge in [0.2, 0.25) is 11.8 Å². The van der Waals surface area contributed by atoms with E-state index in [1.54, 1.807) is 27.0 Å². The van der Waals surface area contributed by atoms with Crippen molar-refractivity contribution in [2.75, 3.05) is 6.54 Å². The van der Waals surface area contributed by atoms with E-state index in [4.69, 9.17) is 4.74 Å². The molecule has 0 spiro atoms. The fraction of sp³-hybridized carbons (Fsp3) is 0.250. The Balaban J connectivity index is 1.93. The molecule has 8 nitrogen and oxygen atoms in total. The van der Waals surface area contributed by atoms with Gasteiger partial charge in [-0.1, -0.05) is 36.4 Å². The highest BCUT2D eigenvalue weighted by molar-refractivity contribution is 6.15. The fourth-order valence-corrected chi connectivity index (χ4v) is 3.70. The van der Waals surface area contributed by atoms with E-state index in [0.717, 1.165) is 15.7 Å². The minimum Gasteiger partial charge on any atom is -0.443 e. The second-order valence-corrected chi connectivity index (χ2v) is 8.63. The molecule has 32 heavy (non-hydrogen) atoms. The highest BCUT2D eigenvalue weighted by Gasteiger charge is 2.31. The molecule has 1 N–H and O–H groups in total. The number of imide groups is 1. The van der Waals surface area contributed by atoms with Gasteiger partial charge in [0.25, 0.3) is 5.91 Å². The third kappa shape index (κ3) is 3.87. The molecule has 1 fully saturated rings. The van der Waals surface area contributed by atoms with Gasteiger partial charge in [0.15, 0.2) is 0 Å². The number of hydrogen-bond donors (Lipinski definition) is 1. The summed E-state index contributed by atoms with van der Waals surface area (Å²) in [7, 11) is 0. The van der Waals surface area contributed by atoms with E-state index in [1.807, 2.05) is 36.4 Å². The lowest BCUT2D eigenvalue weighted by atomic mass is 10.0. The molecule has 1 aliphatic heterocycles. The number of rotatable bonds is 1. The van der Waals surface area contributed by atoms with Crippen molar-refractivity contribution in [3.05, 3.63) is 53.9 Å². The Morgan fingerprint density at radius 3 is 2.47 bits per heavy atom. The molecule has 2 aromatic carbocycles. The molecule has 0 atom stereocenters. The maximum absolute atomic E-state index is 13.0. The summed E-state index contributed by atoms with van der Waals surface area (Å²) >= 11 is 0. The second kappa shape index (κ2) is 7.64. The van der Waals surface area contributed by atoms with Crippen LogP contribution in [0.4, 0.5) is 4.79 Å². The number of aromatic nitrogens is 1. The third-order valence-electron chi connectivity index (χ3n) is 5.04. The number of carbonyl (C=O) groups excluding carboxylic acids is 4. The van der Waals surface area contributed by atoms with Crippen LogP contribution in [0.5, 0.6) is 0 Å². The first-order chi connectivity index (χ1) is 15.0. The number of carbonyl (C=O) groups is 4. The monoisotopic (exact) mass is 433 g/mol. The predicted molar refractivity (Wildman–Crippen MR) is 120 cm³/mol. The largest absolute Gasteiger partial charge is 0.443 e. The van der Waals surface area contributed by atoms with Crippen molar-refractivity contribution in [3.63, 3.8) is 0 Å². The van der Waals surface area contributed by atoms with E-state index in [9.17, 15) is 19.2 Å². The Bertz CT molecular complexity index is 1330. The molecule has 8 heteroatoms. The Kier molecular flexibility index (Phi) is 5.08. The molecule has 164 valence electrons. The summed E-state index contributed by atoms with van der Waals surface area (Å²) in [5.74, 6) is -1.58. The van der Waals surface area contributed by atoms with Crippen LogP contribution in [0.1, 0.15) is 33.3 Å². The molecular weight excluding hydrogens is 410 g/mol. The Hall–Kier alpha value is -3.94. The van der Waals surface area contributed by atoms with Crippen LogP contribution in [-0.4, -0.2) is 45.4 Å². The molecule has 3 aromatic rings. The van der Waals surface area contributed by atoms with E-state index in [1.165, 1.54) is 17.6 Å². The van der Waals surface area contributed by atoms with Crippen molar-refractivity contribution in [1.29, 1.82) is 0 Å². The number of nitrogens with one attached hydrogen (secondary N) is 1. The van der Waals surface area contributed by atoms with Crippen molar-refractivity contribution in [3.8, 4) is 0 Å². The van der Waals surface area contributed by atoms with Crippen molar-refractivity contribution < 1.29 is 23.9 Å². The van der Waals surface area contributed by atoms with E-state index in [-0.39, 0.29) is 12.2 Å². The number of nitrogens with zero attached hydrogens (tertiary/aromatic N) is 2. The quantitative estimate of drug-likeness (QED) is 0.593. The highest BCUT2D eigenvalue weighted by Crippen LogP contribution is 2.31. The Morgan fingerprint density at radius 1 is 1.06 bits per heavy atom. The summed E-state index contributed by atoms with van der Waals surface area (Å²) in [5, 5.41) is 5.00. The van der Waals surface area contributed by atoms with Gasteiger partial charge in [-0.3, -0.25) is 23.9 Å². The average molecular weight is 433 g/mol. The molecule has 0 unspecified atom stereocenters. The van der Waals surface area contributed by atoms with Gasteiger partial charge in [0.05, 0.1) is 5.52 Å². The zero-order valence-corrected chi connectivity index (χ0v) is 18.3. The van der Waals surface area contributed by atoms with Crippen molar-refractivity contribution in [2.24, 2.45) is 0 Å². The smallest absolute Gasteiger partial charge is 0.419 e. The highest BCUT2D eigenvalue weighted by atomic mass is 16.6. The first kappa shape index (κ1) is 21.3. The third-order valence-corrected chi connectivity index (χ3v) is 5.04. The summed E-state index contributed by atoms with van der Waals surface area (Å²) in [6.45, 7) is 6.25. The van der Waals surface area contributed by atoms with Crippen LogP contribution < -0.4 is 5.32 Å². The van der Waals surface area contributed by atoms with Gasteiger partial charge < -0.3 is 10.1 Å². The number of piperazine rings is 1. The zero-order valence-electron chi connectivity index (χ0n) is 18.3. The van der Waals surface area contributed by atoms with Gasteiger partial charge >= 0.3 is 6.09 Å². The predicted octanol–water partition coefficient (Wildman–Crippen LogP) is 3.42. The van der Waals surface area contributed by atoms with E-state index in [2.05, 4.69) is 5.32 Å². The molecule has 1 saturated heterocycles. The summed E-state index contributed by atoms with van der Waals surface area (Å²) in [5.41, 5.74) is 0.423. The standard InChI is InChI=1S/C24H23N3O5/c1-14(28)26-13-20(29)25-19(22(26)30)11-16-12-27(23(31)32-24(2,3)4)21-17-8-6-5-7-15(17)9-10-18(16)21/h5-12H,13H2,1-4H3,(H,25,29). The van der Waals surface area contributed by atoms with Crippen LogP contribution in [0.3, 0.4) is 0 Å². The molecular formula is C24H23N3O5. The normalized spacial score (nSPS) is 16.0. The van der Waals surface area contributed by atoms with Crippen LogP contribution >= 0.6 is 0 Å². The zero-order chi connectivity index (χ0) is 23.2. The Morgan fingerprint density at radius 2 is 1.78 bits per heavy atom. The molecule has 3 amide bonds. The van der Waals surface area contributed by atoms with Crippen LogP contribution in [0.15, 0.2) is 48.3 Å². The molecule has 0 aliphatic carbocycles. The maximum atomic E-state index is 13.0. The summed E-state index contributed by atoms with van der Waals surface area (Å²) < 4.78 is 6.99. The van der Waals surface area contributed by atoms with E-state index >= 15 is 0 Å². The van der Waals surface area contributed by atoms with Crippen LogP contribution in [0, 0.1) is 0 Å². The number of fused-ring (bicyclic) bond motifs is 3. The molecule has 0 bridgehead atoms. The van der Waals surface area contributed by atoms with Gasteiger partial charge in [-0.25, -0.2) is 4.79 Å². The lowest BCUT2D eigenvalue weighted by Crippen LogP contribution is -2.51. The second-order valence-electron chi connectivity index (χ2n) is 8.63. The maximum Gasteiger partial charge on any atom is 0.419 e. The summed E-state index contributed by atoms with van der Waals surface area (Å²) in [6, 6.07) is 11.4. The lowest BCUT2D eigenvalue weighted by Gasteiger charge is -2.25. The van der Waals surface area contributed by atoms with Crippen LogP contribution in [0.2, 0.25) is 0 Å². The number of ether oxygens (including phenoxy) is 1. The van der Waals surface area contributed by atoms with Gasteiger partial charge in [0, 0.05) is 29.5 Å².